The number of likely N-dealkylation sites (N-methyl/N-ethyl adjacent to an activating group) is 1. The number of hydrogen-bond acceptors (Lipinski definition) is 2. The molecule has 1 unspecified atom stereocenters. The van der Waals surface area contributed by atoms with Gasteiger partial charge in [-0.05, 0) is 25.1 Å². The smallest absolute Gasteiger partial charge is 0.0292 e. The molecule has 2 aromatic rings. The van der Waals surface area contributed by atoms with E-state index in [1.54, 1.807) is 0 Å². The lowest BCUT2D eigenvalue weighted by atomic mass is 10.1. The zero-order valence-electron chi connectivity index (χ0n) is 12.4. The summed E-state index contributed by atoms with van der Waals surface area (Å²) in [7, 11) is 2.17. The average Bonchev–Trinajstić information content (AvgIpc) is 2.49. The third kappa shape index (κ3) is 4.80. The molecule has 2 rings (SSSR count). The van der Waals surface area contributed by atoms with Crippen molar-refractivity contribution in [3.63, 3.8) is 0 Å². The molecule has 0 aliphatic rings. The Bertz CT molecular complexity index is 481. The third-order valence-corrected chi connectivity index (χ3v) is 3.54. The summed E-state index contributed by atoms with van der Waals surface area (Å²) in [6.45, 7) is 5.26. The Balaban J connectivity index is 1.70. The standard InChI is InChI=1S/C18H24N2/c1-16(18-11-7-4-8-12-18)19-13-14-20(2)15-17-9-5-3-6-10-17/h3-12,16,19H,13-15H2,1-2H3. The van der Waals surface area contributed by atoms with E-state index in [2.05, 4.69) is 84.9 Å². The SMILES string of the molecule is CC(NCCN(C)Cc1ccccc1)c1ccccc1. The lowest BCUT2D eigenvalue weighted by Crippen LogP contribution is -2.30. The topological polar surface area (TPSA) is 15.3 Å². The highest BCUT2D eigenvalue weighted by atomic mass is 15.1. The van der Waals surface area contributed by atoms with Gasteiger partial charge >= 0.3 is 0 Å². The first-order valence-electron chi connectivity index (χ1n) is 7.26. The summed E-state index contributed by atoms with van der Waals surface area (Å²) in [4.78, 5) is 2.35. The molecular formula is C18H24N2. The predicted octanol–water partition coefficient (Wildman–Crippen LogP) is 3.47. The molecule has 0 saturated carbocycles. The maximum absolute atomic E-state index is 3.57. The lowest BCUT2D eigenvalue weighted by molar-refractivity contribution is 0.319. The summed E-state index contributed by atoms with van der Waals surface area (Å²) in [5.74, 6) is 0. The van der Waals surface area contributed by atoms with Gasteiger partial charge in [0, 0.05) is 25.7 Å². The van der Waals surface area contributed by atoms with Crippen molar-refractivity contribution in [2.45, 2.75) is 19.5 Å². The monoisotopic (exact) mass is 268 g/mol. The molecule has 0 bridgehead atoms. The quantitative estimate of drug-likeness (QED) is 0.827. The van der Waals surface area contributed by atoms with Crippen molar-refractivity contribution in [3.05, 3.63) is 71.8 Å². The molecule has 0 radical (unpaired) electrons. The van der Waals surface area contributed by atoms with Gasteiger partial charge in [0.15, 0.2) is 0 Å². The van der Waals surface area contributed by atoms with Crippen LogP contribution in [-0.2, 0) is 6.54 Å². The van der Waals surface area contributed by atoms with Crippen LogP contribution in [0.15, 0.2) is 60.7 Å². The molecule has 0 spiro atoms. The fourth-order valence-corrected chi connectivity index (χ4v) is 2.31. The van der Waals surface area contributed by atoms with Crippen molar-refractivity contribution in [3.8, 4) is 0 Å². The molecule has 0 aliphatic heterocycles. The third-order valence-electron chi connectivity index (χ3n) is 3.54. The van der Waals surface area contributed by atoms with E-state index in [9.17, 15) is 0 Å². The minimum atomic E-state index is 0.404. The molecule has 20 heavy (non-hydrogen) atoms. The summed E-state index contributed by atoms with van der Waals surface area (Å²) < 4.78 is 0. The molecule has 1 N–H and O–H groups in total. The van der Waals surface area contributed by atoms with E-state index in [4.69, 9.17) is 0 Å². The Kier molecular flexibility index (Phi) is 5.78. The van der Waals surface area contributed by atoms with Crippen LogP contribution in [0.3, 0.4) is 0 Å². The normalized spacial score (nSPS) is 12.6. The Hall–Kier alpha value is -1.64. The molecule has 2 heteroatoms. The second-order valence-corrected chi connectivity index (χ2v) is 5.31. The number of nitrogens with zero attached hydrogens (tertiary/aromatic N) is 1. The highest BCUT2D eigenvalue weighted by Crippen LogP contribution is 2.10. The Morgan fingerprint density at radius 2 is 1.55 bits per heavy atom. The van der Waals surface area contributed by atoms with E-state index < -0.39 is 0 Å². The van der Waals surface area contributed by atoms with E-state index in [-0.39, 0.29) is 0 Å². The van der Waals surface area contributed by atoms with Crippen LogP contribution in [0.1, 0.15) is 24.1 Å². The van der Waals surface area contributed by atoms with E-state index in [0.717, 1.165) is 19.6 Å². The molecule has 0 aromatic heterocycles. The average molecular weight is 268 g/mol. The Morgan fingerprint density at radius 3 is 2.20 bits per heavy atom. The fourth-order valence-electron chi connectivity index (χ4n) is 2.31. The number of hydrogen-bond donors (Lipinski definition) is 1. The molecule has 0 amide bonds. The maximum atomic E-state index is 3.57. The zero-order valence-corrected chi connectivity index (χ0v) is 12.4. The van der Waals surface area contributed by atoms with Crippen LogP contribution in [0, 0.1) is 0 Å². The van der Waals surface area contributed by atoms with E-state index in [1.165, 1.54) is 11.1 Å². The minimum absolute atomic E-state index is 0.404. The summed E-state index contributed by atoms with van der Waals surface area (Å²) in [6.07, 6.45) is 0. The number of rotatable bonds is 7. The first-order chi connectivity index (χ1) is 9.75. The van der Waals surface area contributed by atoms with Crippen LogP contribution < -0.4 is 5.32 Å². The van der Waals surface area contributed by atoms with Crippen LogP contribution >= 0.6 is 0 Å². The molecule has 0 saturated heterocycles. The summed E-state index contributed by atoms with van der Waals surface area (Å²) in [6, 6.07) is 21.6. The largest absolute Gasteiger partial charge is 0.309 e. The summed E-state index contributed by atoms with van der Waals surface area (Å²) >= 11 is 0. The van der Waals surface area contributed by atoms with Crippen LogP contribution in [0.5, 0.6) is 0 Å². The van der Waals surface area contributed by atoms with Crippen LogP contribution in [0.25, 0.3) is 0 Å². The zero-order chi connectivity index (χ0) is 14.2. The van der Waals surface area contributed by atoms with Gasteiger partial charge in [-0.1, -0.05) is 60.7 Å². The van der Waals surface area contributed by atoms with Gasteiger partial charge in [-0.15, -0.1) is 0 Å². The Morgan fingerprint density at radius 1 is 0.950 bits per heavy atom. The Labute approximate surface area is 122 Å². The predicted molar refractivity (Wildman–Crippen MR) is 85.6 cm³/mol. The van der Waals surface area contributed by atoms with Gasteiger partial charge in [0.1, 0.15) is 0 Å². The van der Waals surface area contributed by atoms with Gasteiger partial charge in [0.2, 0.25) is 0 Å². The second kappa shape index (κ2) is 7.83. The lowest BCUT2D eigenvalue weighted by Gasteiger charge is -2.19. The van der Waals surface area contributed by atoms with Crippen molar-refractivity contribution in [1.29, 1.82) is 0 Å². The van der Waals surface area contributed by atoms with Crippen LogP contribution in [0.2, 0.25) is 0 Å². The van der Waals surface area contributed by atoms with Crippen molar-refractivity contribution in [2.24, 2.45) is 0 Å². The molecule has 2 aromatic carbocycles. The van der Waals surface area contributed by atoms with Crippen molar-refractivity contribution in [1.82, 2.24) is 10.2 Å². The molecule has 0 fully saturated rings. The van der Waals surface area contributed by atoms with E-state index >= 15 is 0 Å². The minimum Gasteiger partial charge on any atom is -0.309 e. The van der Waals surface area contributed by atoms with Crippen molar-refractivity contribution in [2.75, 3.05) is 20.1 Å². The molecule has 0 aliphatic carbocycles. The van der Waals surface area contributed by atoms with Gasteiger partial charge in [-0.2, -0.15) is 0 Å². The number of nitrogens with one attached hydrogen (secondary N) is 1. The van der Waals surface area contributed by atoms with E-state index in [1.807, 2.05) is 0 Å². The molecule has 2 nitrogen and oxygen atoms in total. The fraction of sp³-hybridized carbons (Fsp3) is 0.333. The highest BCUT2D eigenvalue weighted by molar-refractivity contribution is 5.18. The second-order valence-electron chi connectivity index (χ2n) is 5.31. The molecule has 0 heterocycles. The summed E-state index contributed by atoms with van der Waals surface area (Å²) in [5, 5.41) is 3.57. The molecule has 1 atom stereocenters. The van der Waals surface area contributed by atoms with Crippen LogP contribution in [-0.4, -0.2) is 25.0 Å². The van der Waals surface area contributed by atoms with Crippen molar-refractivity contribution >= 4 is 0 Å². The number of benzene rings is 2. The van der Waals surface area contributed by atoms with Gasteiger partial charge in [-0.25, -0.2) is 0 Å². The highest BCUT2D eigenvalue weighted by Gasteiger charge is 2.04. The maximum Gasteiger partial charge on any atom is 0.0292 e. The van der Waals surface area contributed by atoms with Crippen LogP contribution in [0.4, 0.5) is 0 Å². The molecule has 106 valence electrons. The first kappa shape index (κ1) is 14.8. The van der Waals surface area contributed by atoms with E-state index in [0.29, 0.717) is 6.04 Å². The van der Waals surface area contributed by atoms with Gasteiger partial charge in [0.25, 0.3) is 0 Å². The summed E-state index contributed by atoms with van der Waals surface area (Å²) in [5.41, 5.74) is 2.71. The van der Waals surface area contributed by atoms with Gasteiger partial charge in [0.05, 0.1) is 0 Å². The first-order valence-corrected chi connectivity index (χ1v) is 7.26. The van der Waals surface area contributed by atoms with Gasteiger partial charge in [-0.3, -0.25) is 0 Å². The van der Waals surface area contributed by atoms with Crippen molar-refractivity contribution < 1.29 is 0 Å². The van der Waals surface area contributed by atoms with Gasteiger partial charge < -0.3 is 10.2 Å². The molecular weight excluding hydrogens is 244 g/mol.